The number of nitrogens with two attached hydrogens (primary N) is 1. The van der Waals surface area contributed by atoms with Crippen LogP contribution in [-0.4, -0.2) is 34.2 Å². The van der Waals surface area contributed by atoms with E-state index in [0.29, 0.717) is 23.9 Å². The lowest BCUT2D eigenvalue weighted by molar-refractivity contribution is 0.395. The van der Waals surface area contributed by atoms with E-state index in [9.17, 15) is 16.8 Å². The molecule has 0 heterocycles. The molecule has 0 aromatic heterocycles. The second-order valence-electron chi connectivity index (χ2n) is 6.26. The quantitative estimate of drug-likeness (QED) is 0.702. The fourth-order valence-corrected chi connectivity index (χ4v) is 5.33. The lowest BCUT2D eigenvalue weighted by Crippen LogP contribution is -2.33. The van der Waals surface area contributed by atoms with Crippen LogP contribution in [0.25, 0.3) is 10.8 Å². The minimum atomic E-state index is -3.95. The van der Waals surface area contributed by atoms with Crippen molar-refractivity contribution in [1.82, 2.24) is 4.31 Å². The van der Waals surface area contributed by atoms with Gasteiger partial charge in [0.2, 0.25) is 20.0 Å². The Bertz CT molecular complexity index is 962. The van der Waals surface area contributed by atoms with Gasteiger partial charge in [-0.3, -0.25) is 0 Å². The molecule has 0 bridgehead atoms. The van der Waals surface area contributed by atoms with Crippen molar-refractivity contribution in [1.29, 1.82) is 0 Å². The number of hydrogen-bond donors (Lipinski definition) is 1. The Morgan fingerprint density at radius 1 is 0.808 bits per heavy atom. The van der Waals surface area contributed by atoms with Gasteiger partial charge in [-0.2, -0.15) is 4.31 Å². The van der Waals surface area contributed by atoms with Gasteiger partial charge in [-0.1, -0.05) is 51.0 Å². The summed E-state index contributed by atoms with van der Waals surface area (Å²) in [6.45, 7) is 4.93. The van der Waals surface area contributed by atoms with Gasteiger partial charge in [0.05, 0.1) is 9.79 Å². The highest BCUT2D eigenvalue weighted by Gasteiger charge is 2.27. The maximum atomic E-state index is 13.3. The van der Waals surface area contributed by atoms with Crippen LogP contribution in [0.15, 0.2) is 46.2 Å². The summed E-state index contributed by atoms with van der Waals surface area (Å²) in [4.78, 5) is 0.0495. The number of unbranched alkanes of at least 4 members (excludes halogenated alkanes) is 2. The smallest absolute Gasteiger partial charge is 0.225 e. The van der Waals surface area contributed by atoms with Gasteiger partial charge in [-0.15, -0.1) is 0 Å². The number of hydrogen-bond acceptors (Lipinski definition) is 4. The Kier molecular flexibility index (Phi) is 6.79. The predicted molar refractivity (Wildman–Crippen MR) is 104 cm³/mol. The van der Waals surface area contributed by atoms with Crippen LogP contribution in [0.3, 0.4) is 0 Å². The summed E-state index contributed by atoms with van der Waals surface area (Å²) in [5.41, 5.74) is 0. The molecule has 0 saturated carbocycles. The average molecular weight is 399 g/mol. The SMILES string of the molecule is CCCCN(CCCC)S(=O)(=O)c1ccc(S(N)(=O)=O)c2ccccc12. The highest BCUT2D eigenvalue weighted by atomic mass is 32.2. The maximum absolute atomic E-state index is 13.3. The van der Waals surface area contributed by atoms with E-state index in [1.165, 1.54) is 16.4 Å². The molecule has 0 spiro atoms. The minimum absolute atomic E-state index is 0.0688. The number of nitrogens with zero attached hydrogens (tertiary/aromatic N) is 1. The van der Waals surface area contributed by atoms with Gasteiger partial charge in [0, 0.05) is 23.9 Å². The van der Waals surface area contributed by atoms with Crippen molar-refractivity contribution in [2.24, 2.45) is 5.14 Å². The molecule has 8 heteroatoms. The Balaban J connectivity index is 2.64. The van der Waals surface area contributed by atoms with Crippen molar-refractivity contribution in [3.05, 3.63) is 36.4 Å². The van der Waals surface area contributed by atoms with Gasteiger partial charge >= 0.3 is 0 Å². The second kappa shape index (κ2) is 8.47. The van der Waals surface area contributed by atoms with E-state index in [0.717, 1.165) is 25.7 Å². The van der Waals surface area contributed by atoms with Crippen LogP contribution in [0, 0.1) is 0 Å². The summed E-state index contributed by atoms with van der Waals surface area (Å²) in [6.07, 6.45) is 3.33. The largest absolute Gasteiger partial charge is 0.243 e. The van der Waals surface area contributed by atoms with E-state index in [-0.39, 0.29) is 9.79 Å². The zero-order chi connectivity index (χ0) is 19.4. The molecular weight excluding hydrogens is 372 g/mol. The fraction of sp³-hybridized carbons (Fsp3) is 0.444. The Labute approximate surface area is 156 Å². The first-order valence-electron chi connectivity index (χ1n) is 8.78. The molecule has 0 radical (unpaired) electrons. The van der Waals surface area contributed by atoms with E-state index in [1.54, 1.807) is 24.3 Å². The fourth-order valence-electron chi connectivity index (χ4n) is 2.88. The number of benzene rings is 2. The monoisotopic (exact) mass is 398 g/mol. The third-order valence-electron chi connectivity index (χ3n) is 4.29. The molecular formula is C18H26N2O4S2. The Hall–Kier alpha value is -1.48. The summed E-state index contributed by atoms with van der Waals surface area (Å²) in [6, 6.07) is 9.19. The summed E-state index contributed by atoms with van der Waals surface area (Å²) in [5.74, 6) is 0. The van der Waals surface area contributed by atoms with Gasteiger partial charge in [-0.05, 0) is 25.0 Å². The van der Waals surface area contributed by atoms with Crippen LogP contribution in [-0.2, 0) is 20.0 Å². The third kappa shape index (κ3) is 4.43. The first-order valence-corrected chi connectivity index (χ1v) is 11.8. The van der Waals surface area contributed by atoms with Crippen molar-refractivity contribution in [3.8, 4) is 0 Å². The Morgan fingerprint density at radius 2 is 1.27 bits per heavy atom. The summed E-state index contributed by atoms with van der Waals surface area (Å²) in [5, 5.41) is 5.98. The van der Waals surface area contributed by atoms with Crippen LogP contribution in [0.2, 0.25) is 0 Å². The average Bonchev–Trinajstić information content (AvgIpc) is 2.59. The van der Waals surface area contributed by atoms with Gasteiger partial charge in [0.25, 0.3) is 0 Å². The summed E-state index contributed by atoms with van der Waals surface area (Å²) in [7, 11) is -7.69. The number of sulfonamides is 2. The first-order chi connectivity index (χ1) is 12.2. The molecule has 0 aliphatic heterocycles. The normalized spacial score (nSPS) is 12.8. The van der Waals surface area contributed by atoms with Crippen LogP contribution in [0.1, 0.15) is 39.5 Å². The number of rotatable bonds is 9. The molecule has 2 N–H and O–H groups in total. The van der Waals surface area contributed by atoms with Crippen LogP contribution in [0.5, 0.6) is 0 Å². The van der Waals surface area contributed by atoms with E-state index < -0.39 is 20.0 Å². The molecule has 0 atom stereocenters. The molecule has 0 saturated heterocycles. The lowest BCUT2D eigenvalue weighted by atomic mass is 10.1. The van der Waals surface area contributed by atoms with E-state index in [2.05, 4.69) is 0 Å². The van der Waals surface area contributed by atoms with E-state index in [4.69, 9.17) is 5.14 Å². The molecule has 0 fully saturated rings. The zero-order valence-electron chi connectivity index (χ0n) is 15.2. The molecule has 0 unspecified atom stereocenters. The molecule has 0 aliphatic carbocycles. The molecule has 2 aromatic rings. The van der Waals surface area contributed by atoms with Crippen molar-refractivity contribution < 1.29 is 16.8 Å². The second-order valence-corrected chi connectivity index (χ2v) is 9.70. The standard InChI is InChI=1S/C18H26N2O4S2/c1-3-5-13-20(14-6-4-2)26(23,24)18-12-11-17(25(19,21)22)15-9-7-8-10-16(15)18/h7-12H,3-6,13-14H2,1-2H3,(H2,19,21,22). The summed E-state index contributed by atoms with van der Waals surface area (Å²) < 4.78 is 51.7. The van der Waals surface area contributed by atoms with Crippen molar-refractivity contribution in [2.75, 3.05) is 13.1 Å². The summed E-state index contributed by atoms with van der Waals surface area (Å²) >= 11 is 0. The predicted octanol–water partition coefficient (Wildman–Crippen LogP) is 3.08. The van der Waals surface area contributed by atoms with Gasteiger partial charge in [-0.25, -0.2) is 22.0 Å². The van der Waals surface area contributed by atoms with Crippen LogP contribution in [0.4, 0.5) is 0 Å². The zero-order valence-corrected chi connectivity index (χ0v) is 16.8. The van der Waals surface area contributed by atoms with E-state index >= 15 is 0 Å². The molecule has 6 nitrogen and oxygen atoms in total. The molecule has 2 aromatic carbocycles. The maximum Gasteiger partial charge on any atom is 0.243 e. The van der Waals surface area contributed by atoms with Crippen LogP contribution < -0.4 is 5.14 Å². The Morgan fingerprint density at radius 3 is 1.73 bits per heavy atom. The van der Waals surface area contributed by atoms with Gasteiger partial charge in [0.15, 0.2) is 0 Å². The lowest BCUT2D eigenvalue weighted by Gasteiger charge is -2.23. The first kappa shape index (κ1) is 20.8. The topological polar surface area (TPSA) is 97.5 Å². The molecule has 0 amide bonds. The van der Waals surface area contributed by atoms with Gasteiger partial charge < -0.3 is 0 Å². The van der Waals surface area contributed by atoms with Crippen molar-refractivity contribution in [3.63, 3.8) is 0 Å². The molecule has 2 rings (SSSR count). The highest BCUT2D eigenvalue weighted by Crippen LogP contribution is 2.30. The molecule has 26 heavy (non-hydrogen) atoms. The van der Waals surface area contributed by atoms with E-state index in [1.807, 2.05) is 13.8 Å². The molecule has 144 valence electrons. The molecule has 0 aliphatic rings. The van der Waals surface area contributed by atoms with Crippen molar-refractivity contribution >= 4 is 30.8 Å². The van der Waals surface area contributed by atoms with Gasteiger partial charge in [0.1, 0.15) is 0 Å². The van der Waals surface area contributed by atoms with Crippen molar-refractivity contribution in [2.45, 2.75) is 49.3 Å². The minimum Gasteiger partial charge on any atom is -0.225 e. The third-order valence-corrected chi connectivity index (χ3v) is 7.22. The number of fused-ring (bicyclic) bond motifs is 1. The highest BCUT2D eigenvalue weighted by molar-refractivity contribution is 7.90. The number of primary sulfonamides is 1. The van der Waals surface area contributed by atoms with Crippen LogP contribution >= 0.6 is 0 Å².